The molecule has 0 unspecified atom stereocenters. The van der Waals surface area contributed by atoms with Gasteiger partial charge in [-0.1, -0.05) is 44.2 Å². The van der Waals surface area contributed by atoms with E-state index in [0.717, 1.165) is 17.4 Å². The molecule has 0 heterocycles. The van der Waals surface area contributed by atoms with E-state index < -0.39 is 10.1 Å². The van der Waals surface area contributed by atoms with Gasteiger partial charge in [0.1, 0.15) is 4.90 Å². The first-order valence-electron chi connectivity index (χ1n) is 6.00. The van der Waals surface area contributed by atoms with Gasteiger partial charge in [-0.05, 0) is 29.4 Å². The van der Waals surface area contributed by atoms with Crippen molar-refractivity contribution in [3.63, 3.8) is 0 Å². The number of fused-ring (bicyclic) bond motifs is 1. The van der Waals surface area contributed by atoms with E-state index in [1.165, 1.54) is 0 Å². The van der Waals surface area contributed by atoms with Crippen molar-refractivity contribution >= 4 is 20.9 Å². The highest BCUT2D eigenvalue weighted by atomic mass is 32.2. The number of hydrogen-bond acceptors (Lipinski definition) is 2. The summed E-state index contributed by atoms with van der Waals surface area (Å²) < 4.78 is 32.6. The molecule has 0 aliphatic heterocycles. The molecule has 0 saturated carbocycles. The molecule has 0 spiro atoms. The third-order valence-electron chi connectivity index (χ3n) is 3.18. The van der Waals surface area contributed by atoms with Crippen LogP contribution in [-0.4, -0.2) is 13.0 Å². The summed E-state index contributed by atoms with van der Waals surface area (Å²) >= 11 is 0. The largest absolute Gasteiger partial charge is 0.295 e. The zero-order chi connectivity index (χ0) is 13.3. The van der Waals surface area contributed by atoms with Crippen molar-refractivity contribution in [2.45, 2.75) is 31.6 Å². The molecule has 0 fully saturated rings. The van der Waals surface area contributed by atoms with Gasteiger partial charge in [-0.25, -0.2) is 0 Å². The highest BCUT2D eigenvalue weighted by Crippen LogP contribution is 2.30. The van der Waals surface area contributed by atoms with Crippen LogP contribution < -0.4 is 0 Å². The maximum Gasteiger partial charge on any atom is 0.295 e. The van der Waals surface area contributed by atoms with Crippen molar-refractivity contribution in [2.75, 3.05) is 0 Å². The Kier molecular flexibility index (Phi) is 3.41. The first-order chi connectivity index (χ1) is 8.49. The lowest BCUT2D eigenvalue weighted by Gasteiger charge is -2.13. The third-order valence-corrected chi connectivity index (χ3v) is 4.18. The summed E-state index contributed by atoms with van der Waals surface area (Å²) in [5.41, 5.74) is 1.78. The molecule has 0 bridgehead atoms. The van der Waals surface area contributed by atoms with Gasteiger partial charge in [0.25, 0.3) is 10.1 Å². The second kappa shape index (κ2) is 4.71. The summed E-state index contributed by atoms with van der Waals surface area (Å²) in [5.74, 6) is 0. The first kappa shape index (κ1) is 13.1. The van der Waals surface area contributed by atoms with Crippen molar-refractivity contribution in [1.29, 1.82) is 0 Å². The second-order valence-corrected chi connectivity index (χ2v) is 5.61. The second-order valence-electron chi connectivity index (χ2n) is 4.25. The molecular weight excluding hydrogens is 248 g/mol. The fourth-order valence-corrected chi connectivity index (χ4v) is 3.34. The Morgan fingerprint density at radius 2 is 1.56 bits per heavy atom. The minimum atomic E-state index is -4.20. The Labute approximate surface area is 107 Å². The van der Waals surface area contributed by atoms with Crippen LogP contribution in [0.5, 0.6) is 0 Å². The molecular formula is C14H16O3S. The van der Waals surface area contributed by atoms with Gasteiger partial charge in [0.2, 0.25) is 0 Å². The highest BCUT2D eigenvalue weighted by Gasteiger charge is 2.19. The van der Waals surface area contributed by atoms with Gasteiger partial charge in [0.05, 0.1) is 0 Å². The molecule has 0 amide bonds. The third kappa shape index (κ3) is 2.13. The molecule has 1 N–H and O–H groups in total. The van der Waals surface area contributed by atoms with E-state index in [0.29, 0.717) is 17.4 Å². The Hall–Kier alpha value is -1.39. The van der Waals surface area contributed by atoms with Gasteiger partial charge < -0.3 is 0 Å². The lowest BCUT2D eigenvalue weighted by atomic mass is 9.98. The Balaban J connectivity index is 3.00. The summed E-state index contributed by atoms with van der Waals surface area (Å²) in [6.07, 6.45) is 1.41. The molecule has 0 aromatic heterocycles. The maximum absolute atomic E-state index is 11.6. The summed E-state index contributed by atoms with van der Waals surface area (Å²) in [6.45, 7) is 3.92. The average Bonchev–Trinajstić information content (AvgIpc) is 2.35. The summed E-state index contributed by atoms with van der Waals surface area (Å²) in [7, 11) is -4.20. The minimum Gasteiger partial charge on any atom is -0.282 e. The monoisotopic (exact) mass is 264 g/mol. The topological polar surface area (TPSA) is 54.4 Å². The molecule has 2 aromatic rings. The Morgan fingerprint density at radius 3 is 2.06 bits per heavy atom. The summed E-state index contributed by atoms with van der Waals surface area (Å²) in [4.78, 5) is 0.0535. The van der Waals surface area contributed by atoms with E-state index in [1.54, 1.807) is 12.1 Å². The van der Waals surface area contributed by atoms with Crippen molar-refractivity contribution in [1.82, 2.24) is 0 Å². The van der Waals surface area contributed by atoms with Gasteiger partial charge in [0.15, 0.2) is 0 Å². The Morgan fingerprint density at radius 1 is 1.00 bits per heavy atom. The van der Waals surface area contributed by atoms with E-state index in [4.69, 9.17) is 0 Å². The minimum absolute atomic E-state index is 0.0535. The lowest BCUT2D eigenvalue weighted by molar-refractivity contribution is 0.483. The average molecular weight is 264 g/mol. The van der Waals surface area contributed by atoms with Gasteiger partial charge in [0, 0.05) is 5.39 Å². The number of rotatable bonds is 3. The zero-order valence-corrected chi connectivity index (χ0v) is 11.3. The fourth-order valence-electron chi connectivity index (χ4n) is 2.35. The normalized spacial score (nSPS) is 11.9. The van der Waals surface area contributed by atoms with E-state index in [9.17, 15) is 13.0 Å². The molecule has 3 nitrogen and oxygen atoms in total. The van der Waals surface area contributed by atoms with Gasteiger partial charge in [-0.3, -0.25) is 4.55 Å². The molecule has 0 radical (unpaired) electrons. The molecule has 0 aliphatic carbocycles. The van der Waals surface area contributed by atoms with Crippen LogP contribution in [-0.2, 0) is 23.0 Å². The maximum atomic E-state index is 11.6. The first-order valence-corrected chi connectivity index (χ1v) is 7.44. The molecule has 0 atom stereocenters. The number of benzene rings is 2. The molecule has 2 rings (SSSR count). The van der Waals surface area contributed by atoms with Crippen LogP contribution in [0.3, 0.4) is 0 Å². The molecule has 0 saturated heterocycles. The molecule has 4 heteroatoms. The van der Waals surface area contributed by atoms with Crippen LogP contribution in [0.1, 0.15) is 25.0 Å². The van der Waals surface area contributed by atoms with Crippen LogP contribution in [0.2, 0.25) is 0 Å². The van der Waals surface area contributed by atoms with Crippen LogP contribution in [0.4, 0.5) is 0 Å². The quantitative estimate of drug-likeness (QED) is 0.866. The standard InChI is InChI=1S/C14H16O3S/c1-3-10-9-11(4-2)14(18(15,16)17)13-8-6-5-7-12(10)13/h5-9H,3-4H2,1-2H3,(H,15,16,17). The van der Waals surface area contributed by atoms with E-state index in [2.05, 4.69) is 0 Å². The molecule has 0 aliphatic rings. The van der Waals surface area contributed by atoms with Crippen LogP contribution in [0, 0.1) is 0 Å². The smallest absolute Gasteiger partial charge is 0.282 e. The Bertz CT molecular complexity index is 687. The van der Waals surface area contributed by atoms with Gasteiger partial charge in [-0.2, -0.15) is 8.42 Å². The number of hydrogen-bond donors (Lipinski definition) is 1. The molecule has 96 valence electrons. The SMILES string of the molecule is CCc1cc(CC)c2ccccc2c1S(=O)(=O)O. The predicted molar refractivity (Wildman–Crippen MR) is 72.5 cm³/mol. The van der Waals surface area contributed by atoms with Crippen molar-refractivity contribution in [3.8, 4) is 0 Å². The summed E-state index contributed by atoms with van der Waals surface area (Å²) in [5, 5.41) is 1.50. The predicted octanol–water partition coefficient (Wildman–Crippen LogP) is 3.21. The van der Waals surface area contributed by atoms with Gasteiger partial charge >= 0.3 is 0 Å². The summed E-state index contributed by atoms with van der Waals surface area (Å²) in [6, 6.07) is 9.18. The van der Waals surface area contributed by atoms with Gasteiger partial charge in [-0.15, -0.1) is 0 Å². The van der Waals surface area contributed by atoms with Crippen LogP contribution in [0.15, 0.2) is 35.2 Å². The van der Waals surface area contributed by atoms with Crippen molar-refractivity contribution in [2.24, 2.45) is 0 Å². The zero-order valence-electron chi connectivity index (χ0n) is 10.5. The lowest BCUT2D eigenvalue weighted by Crippen LogP contribution is -2.05. The highest BCUT2D eigenvalue weighted by molar-refractivity contribution is 7.86. The van der Waals surface area contributed by atoms with Crippen molar-refractivity contribution < 1.29 is 13.0 Å². The van der Waals surface area contributed by atoms with E-state index in [1.807, 2.05) is 32.0 Å². The molecule has 2 aromatic carbocycles. The number of aryl methyl sites for hydroxylation is 2. The molecule has 18 heavy (non-hydrogen) atoms. The van der Waals surface area contributed by atoms with Crippen molar-refractivity contribution in [3.05, 3.63) is 41.5 Å². The van der Waals surface area contributed by atoms with E-state index in [-0.39, 0.29) is 4.90 Å². The van der Waals surface area contributed by atoms with Crippen LogP contribution >= 0.6 is 0 Å². The van der Waals surface area contributed by atoms with E-state index >= 15 is 0 Å². The van der Waals surface area contributed by atoms with Crippen LogP contribution in [0.25, 0.3) is 10.8 Å². The fraction of sp³-hybridized carbons (Fsp3) is 0.286.